The molecular formula is C12H17N. The van der Waals surface area contributed by atoms with E-state index in [0.29, 0.717) is 0 Å². The monoisotopic (exact) mass is 175 g/mol. The Labute approximate surface area is 80.3 Å². The molecule has 1 aromatic rings. The van der Waals surface area contributed by atoms with Crippen molar-refractivity contribution in [2.75, 3.05) is 0 Å². The molecule has 0 spiro atoms. The van der Waals surface area contributed by atoms with Gasteiger partial charge in [0.1, 0.15) is 0 Å². The molecule has 1 nitrogen and oxygen atoms in total. The van der Waals surface area contributed by atoms with Crippen LogP contribution in [0.2, 0.25) is 0 Å². The van der Waals surface area contributed by atoms with Crippen molar-refractivity contribution < 1.29 is 0 Å². The highest BCUT2D eigenvalue weighted by molar-refractivity contribution is 5.76. The normalized spacial score (nSPS) is 11.3. The molecule has 0 amide bonds. The van der Waals surface area contributed by atoms with E-state index in [0.717, 1.165) is 12.0 Å². The van der Waals surface area contributed by atoms with Crippen LogP contribution in [0.3, 0.4) is 0 Å². The Morgan fingerprint density at radius 1 is 1.23 bits per heavy atom. The van der Waals surface area contributed by atoms with Gasteiger partial charge in [-0.3, -0.25) is 0 Å². The SMILES string of the molecule is CCC(C)(C)c1ccc(C=N)cc1. The van der Waals surface area contributed by atoms with Crippen LogP contribution in [0.1, 0.15) is 38.3 Å². The molecule has 0 radical (unpaired) electrons. The van der Waals surface area contributed by atoms with Crippen LogP contribution in [-0.2, 0) is 5.41 Å². The zero-order chi connectivity index (χ0) is 9.90. The van der Waals surface area contributed by atoms with E-state index in [1.165, 1.54) is 11.8 Å². The van der Waals surface area contributed by atoms with Crippen LogP contribution in [0.5, 0.6) is 0 Å². The first kappa shape index (κ1) is 9.97. The smallest absolute Gasteiger partial charge is 0.0250 e. The van der Waals surface area contributed by atoms with Gasteiger partial charge in [-0.05, 0) is 23.0 Å². The molecular weight excluding hydrogens is 158 g/mol. The Morgan fingerprint density at radius 3 is 2.15 bits per heavy atom. The zero-order valence-corrected chi connectivity index (χ0v) is 8.59. The Bertz CT molecular complexity index is 282. The molecule has 1 heteroatoms. The molecule has 1 aromatic carbocycles. The first-order valence-electron chi connectivity index (χ1n) is 4.71. The van der Waals surface area contributed by atoms with Gasteiger partial charge >= 0.3 is 0 Å². The molecule has 0 aliphatic carbocycles. The third-order valence-electron chi connectivity index (χ3n) is 2.74. The van der Waals surface area contributed by atoms with Crippen molar-refractivity contribution in [2.45, 2.75) is 32.6 Å². The number of nitrogens with one attached hydrogen (secondary N) is 1. The molecule has 0 aliphatic heterocycles. The second-order valence-corrected chi connectivity index (χ2v) is 4.00. The summed E-state index contributed by atoms with van der Waals surface area (Å²) in [6, 6.07) is 8.23. The minimum atomic E-state index is 0.251. The fourth-order valence-corrected chi connectivity index (χ4v) is 1.23. The summed E-state index contributed by atoms with van der Waals surface area (Å²) in [4.78, 5) is 0. The minimum absolute atomic E-state index is 0.251. The van der Waals surface area contributed by atoms with Gasteiger partial charge in [-0.2, -0.15) is 0 Å². The lowest BCUT2D eigenvalue weighted by atomic mass is 9.82. The lowest BCUT2D eigenvalue weighted by Crippen LogP contribution is -2.15. The predicted molar refractivity (Wildman–Crippen MR) is 57.6 cm³/mol. The zero-order valence-electron chi connectivity index (χ0n) is 8.59. The van der Waals surface area contributed by atoms with Crippen molar-refractivity contribution in [2.24, 2.45) is 0 Å². The van der Waals surface area contributed by atoms with Crippen LogP contribution in [0.25, 0.3) is 0 Å². The maximum atomic E-state index is 7.09. The van der Waals surface area contributed by atoms with Gasteiger partial charge in [0, 0.05) is 6.21 Å². The van der Waals surface area contributed by atoms with E-state index in [1.807, 2.05) is 12.1 Å². The quantitative estimate of drug-likeness (QED) is 0.681. The Hall–Kier alpha value is -1.11. The van der Waals surface area contributed by atoms with Crippen molar-refractivity contribution >= 4 is 6.21 Å². The standard InChI is InChI=1S/C12H17N/c1-4-12(2,3)11-7-5-10(9-13)6-8-11/h5-9,13H,4H2,1-3H3. The van der Waals surface area contributed by atoms with Crippen molar-refractivity contribution in [3.05, 3.63) is 35.4 Å². The summed E-state index contributed by atoms with van der Waals surface area (Å²) in [6.07, 6.45) is 2.51. The molecule has 70 valence electrons. The van der Waals surface area contributed by atoms with Gasteiger partial charge in [0.25, 0.3) is 0 Å². The summed E-state index contributed by atoms with van der Waals surface area (Å²) in [5.74, 6) is 0. The highest BCUT2D eigenvalue weighted by atomic mass is 14.3. The van der Waals surface area contributed by atoms with Crippen LogP contribution in [0.4, 0.5) is 0 Å². The Morgan fingerprint density at radius 2 is 1.77 bits per heavy atom. The van der Waals surface area contributed by atoms with Crippen LogP contribution in [-0.4, -0.2) is 6.21 Å². The first-order chi connectivity index (χ1) is 6.10. The maximum Gasteiger partial charge on any atom is 0.0250 e. The van der Waals surface area contributed by atoms with Crippen molar-refractivity contribution in [3.63, 3.8) is 0 Å². The number of rotatable bonds is 3. The fraction of sp³-hybridized carbons (Fsp3) is 0.417. The number of hydrogen-bond acceptors (Lipinski definition) is 1. The molecule has 0 saturated heterocycles. The van der Waals surface area contributed by atoms with E-state index in [1.54, 1.807) is 0 Å². The average molecular weight is 175 g/mol. The molecule has 0 unspecified atom stereocenters. The van der Waals surface area contributed by atoms with Crippen LogP contribution in [0, 0.1) is 5.41 Å². The number of hydrogen-bond donors (Lipinski definition) is 1. The van der Waals surface area contributed by atoms with Gasteiger partial charge in [0.2, 0.25) is 0 Å². The molecule has 0 fully saturated rings. The van der Waals surface area contributed by atoms with Crippen molar-refractivity contribution in [1.29, 1.82) is 5.41 Å². The summed E-state index contributed by atoms with van der Waals surface area (Å²) in [6.45, 7) is 6.68. The van der Waals surface area contributed by atoms with Crippen molar-refractivity contribution in [1.82, 2.24) is 0 Å². The molecule has 1 N–H and O–H groups in total. The molecule has 0 aromatic heterocycles. The molecule has 0 atom stereocenters. The topological polar surface area (TPSA) is 23.9 Å². The Balaban J connectivity index is 2.98. The molecule has 0 aliphatic rings. The van der Waals surface area contributed by atoms with E-state index in [9.17, 15) is 0 Å². The molecule has 0 heterocycles. The minimum Gasteiger partial charge on any atom is -0.308 e. The van der Waals surface area contributed by atoms with Crippen LogP contribution >= 0.6 is 0 Å². The molecule has 13 heavy (non-hydrogen) atoms. The first-order valence-corrected chi connectivity index (χ1v) is 4.71. The highest BCUT2D eigenvalue weighted by Gasteiger charge is 2.16. The van der Waals surface area contributed by atoms with Crippen LogP contribution in [0.15, 0.2) is 24.3 Å². The van der Waals surface area contributed by atoms with Gasteiger partial charge in [-0.25, -0.2) is 0 Å². The average Bonchev–Trinajstić information content (AvgIpc) is 2.18. The largest absolute Gasteiger partial charge is 0.308 e. The summed E-state index contributed by atoms with van der Waals surface area (Å²) < 4.78 is 0. The lowest BCUT2D eigenvalue weighted by molar-refractivity contribution is 0.506. The highest BCUT2D eigenvalue weighted by Crippen LogP contribution is 2.26. The van der Waals surface area contributed by atoms with E-state index in [-0.39, 0.29) is 5.41 Å². The third-order valence-corrected chi connectivity index (χ3v) is 2.74. The second-order valence-electron chi connectivity index (χ2n) is 4.00. The summed E-state index contributed by atoms with van der Waals surface area (Å²) >= 11 is 0. The third kappa shape index (κ3) is 2.18. The summed E-state index contributed by atoms with van der Waals surface area (Å²) in [7, 11) is 0. The van der Waals surface area contributed by atoms with Crippen molar-refractivity contribution in [3.8, 4) is 0 Å². The van der Waals surface area contributed by atoms with Gasteiger partial charge < -0.3 is 5.41 Å². The fourth-order valence-electron chi connectivity index (χ4n) is 1.23. The summed E-state index contributed by atoms with van der Waals surface area (Å²) in [5, 5.41) is 7.09. The second kappa shape index (κ2) is 3.73. The molecule has 0 saturated carbocycles. The van der Waals surface area contributed by atoms with E-state index >= 15 is 0 Å². The Kier molecular flexibility index (Phi) is 2.86. The van der Waals surface area contributed by atoms with Gasteiger partial charge in [-0.15, -0.1) is 0 Å². The predicted octanol–water partition coefficient (Wildman–Crippen LogP) is 3.37. The van der Waals surface area contributed by atoms with E-state index < -0.39 is 0 Å². The molecule has 1 rings (SSSR count). The van der Waals surface area contributed by atoms with Gasteiger partial charge in [0.05, 0.1) is 0 Å². The van der Waals surface area contributed by atoms with Crippen LogP contribution < -0.4 is 0 Å². The maximum absolute atomic E-state index is 7.09. The van der Waals surface area contributed by atoms with E-state index in [2.05, 4.69) is 32.9 Å². The van der Waals surface area contributed by atoms with Gasteiger partial charge in [0.15, 0.2) is 0 Å². The number of benzene rings is 1. The molecule has 0 bridgehead atoms. The van der Waals surface area contributed by atoms with E-state index in [4.69, 9.17) is 5.41 Å². The summed E-state index contributed by atoms with van der Waals surface area (Å²) in [5.41, 5.74) is 2.57. The lowest BCUT2D eigenvalue weighted by Gasteiger charge is -2.23. The van der Waals surface area contributed by atoms with Gasteiger partial charge in [-0.1, -0.05) is 45.0 Å².